The molecule has 6 nitrogen and oxygen atoms in total. The number of carbonyl (C=O) groups excluding carboxylic acids is 1. The number of aryl methyl sites for hydroxylation is 1. The lowest BCUT2D eigenvalue weighted by molar-refractivity contribution is -0.200. The van der Waals surface area contributed by atoms with Gasteiger partial charge in [0.1, 0.15) is 0 Å². The van der Waals surface area contributed by atoms with E-state index in [1.54, 1.807) is 0 Å². The SMILES string of the molecule is Cc1ccc(CN2CCN(C(=O)OC(C)C(F)(F)F)CC2)c(N2CC3CN(C)CC3C2)c1. The zero-order valence-electron chi connectivity index (χ0n) is 19.1. The lowest BCUT2D eigenvalue weighted by Crippen LogP contribution is -2.49. The van der Waals surface area contributed by atoms with E-state index in [9.17, 15) is 18.0 Å². The summed E-state index contributed by atoms with van der Waals surface area (Å²) in [4.78, 5) is 20.7. The predicted octanol–water partition coefficient (Wildman–Crippen LogP) is 3.20. The lowest BCUT2D eigenvalue weighted by atomic mass is 10.0. The molecule has 0 aromatic heterocycles. The number of amides is 1. The van der Waals surface area contributed by atoms with Crippen LogP contribution in [0.1, 0.15) is 18.1 Å². The van der Waals surface area contributed by atoms with Crippen LogP contribution < -0.4 is 4.90 Å². The van der Waals surface area contributed by atoms with Crippen LogP contribution >= 0.6 is 0 Å². The van der Waals surface area contributed by atoms with Gasteiger partial charge in [-0.15, -0.1) is 0 Å². The van der Waals surface area contributed by atoms with Gasteiger partial charge in [-0.05, 0) is 49.9 Å². The van der Waals surface area contributed by atoms with Gasteiger partial charge in [0.2, 0.25) is 0 Å². The Morgan fingerprint density at radius 3 is 2.31 bits per heavy atom. The standard InChI is InChI=1S/C23H33F3N4O2/c1-16-4-5-18(21(10-16)30-14-19-11-27(3)12-20(19)15-30)13-28-6-8-29(9-7-28)22(31)32-17(2)23(24,25)26/h4-5,10,17,19-20H,6-9,11-15H2,1-3H3. The number of likely N-dealkylation sites (tertiary alicyclic amines) is 1. The van der Waals surface area contributed by atoms with Gasteiger partial charge in [-0.2, -0.15) is 13.2 Å². The van der Waals surface area contributed by atoms with E-state index in [1.165, 1.54) is 21.7 Å². The minimum Gasteiger partial charge on any atom is -0.437 e. The molecule has 1 aromatic carbocycles. The lowest BCUT2D eigenvalue weighted by Gasteiger charge is -2.35. The van der Waals surface area contributed by atoms with E-state index >= 15 is 0 Å². The van der Waals surface area contributed by atoms with Crippen molar-refractivity contribution in [1.82, 2.24) is 14.7 Å². The summed E-state index contributed by atoms with van der Waals surface area (Å²) in [6.45, 7) is 10.2. The quantitative estimate of drug-likeness (QED) is 0.699. The highest BCUT2D eigenvalue weighted by Crippen LogP contribution is 2.35. The number of carbonyl (C=O) groups is 1. The highest BCUT2D eigenvalue weighted by atomic mass is 19.4. The first kappa shape index (κ1) is 23.2. The molecule has 0 bridgehead atoms. The molecule has 0 aliphatic carbocycles. The second-order valence-corrected chi connectivity index (χ2v) is 9.61. The Morgan fingerprint density at radius 1 is 1.09 bits per heavy atom. The average molecular weight is 455 g/mol. The van der Waals surface area contributed by atoms with Gasteiger partial charge in [0.05, 0.1) is 0 Å². The molecule has 3 heterocycles. The molecule has 9 heteroatoms. The first-order valence-electron chi connectivity index (χ1n) is 11.4. The Kier molecular flexibility index (Phi) is 6.58. The van der Waals surface area contributed by atoms with Gasteiger partial charge in [0, 0.05) is 64.6 Å². The molecule has 178 valence electrons. The monoisotopic (exact) mass is 454 g/mol. The number of alkyl halides is 3. The number of hydrogen-bond acceptors (Lipinski definition) is 5. The van der Waals surface area contributed by atoms with Crippen LogP contribution in [0, 0.1) is 18.8 Å². The fourth-order valence-corrected chi connectivity index (χ4v) is 5.15. The third-order valence-electron chi connectivity index (χ3n) is 7.01. The number of nitrogens with zero attached hydrogens (tertiary/aromatic N) is 4. The number of hydrogen-bond donors (Lipinski definition) is 0. The summed E-state index contributed by atoms with van der Waals surface area (Å²) >= 11 is 0. The van der Waals surface area contributed by atoms with Crippen LogP contribution in [0.4, 0.5) is 23.7 Å². The maximum Gasteiger partial charge on any atom is 0.425 e. The summed E-state index contributed by atoms with van der Waals surface area (Å²) in [6.07, 6.45) is -7.52. The molecule has 0 saturated carbocycles. The summed E-state index contributed by atoms with van der Waals surface area (Å²) in [6, 6.07) is 6.60. The molecule has 0 spiro atoms. The molecular formula is C23H33F3N4O2. The van der Waals surface area contributed by atoms with Gasteiger partial charge in [-0.3, -0.25) is 4.90 Å². The van der Waals surface area contributed by atoms with Gasteiger partial charge in [0.25, 0.3) is 0 Å². The van der Waals surface area contributed by atoms with Gasteiger partial charge >= 0.3 is 12.3 Å². The van der Waals surface area contributed by atoms with Crippen molar-refractivity contribution in [2.24, 2.45) is 11.8 Å². The van der Waals surface area contributed by atoms with Crippen molar-refractivity contribution in [2.75, 3.05) is 64.3 Å². The molecular weight excluding hydrogens is 421 g/mol. The molecule has 3 aliphatic rings. The van der Waals surface area contributed by atoms with Crippen LogP contribution in [0.25, 0.3) is 0 Å². The molecule has 3 saturated heterocycles. The van der Waals surface area contributed by atoms with Gasteiger partial charge in [-0.25, -0.2) is 4.79 Å². The van der Waals surface area contributed by atoms with Crippen molar-refractivity contribution in [2.45, 2.75) is 32.7 Å². The molecule has 3 aliphatic heterocycles. The van der Waals surface area contributed by atoms with E-state index in [-0.39, 0.29) is 0 Å². The van der Waals surface area contributed by atoms with Crippen molar-refractivity contribution in [3.63, 3.8) is 0 Å². The first-order valence-corrected chi connectivity index (χ1v) is 11.4. The van der Waals surface area contributed by atoms with Crippen molar-refractivity contribution in [3.05, 3.63) is 29.3 Å². The second-order valence-electron chi connectivity index (χ2n) is 9.61. The molecule has 32 heavy (non-hydrogen) atoms. The predicted molar refractivity (Wildman–Crippen MR) is 117 cm³/mol. The summed E-state index contributed by atoms with van der Waals surface area (Å²) in [7, 11) is 2.19. The van der Waals surface area contributed by atoms with E-state index < -0.39 is 18.4 Å². The van der Waals surface area contributed by atoms with Gasteiger partial charge in [-0.1, -0.05) is 12.1 Å². The number of rotatable bonds is 4. The minimum absolute atomic E-state index is 0.366. The molecule has 4 rings (SSSR count). The van der Waals surface area contributed by atoms with E-state index in [4.69, 9.17) is 0 Å². The van der Waals surface area contributed by atoms with Crippen LogP contribution in [0.2, 0.25) is 0 Å². The van der Waals surface area contributed by atoms with E-state index in [0.717, 1.165) is 51.5 Å². The Hall–Kier alpha value is -2.00. The largest absolute Gasteiger partial charge is 0.437 e. The molecule has 3 unspecified atom stereocenters. The molecule has 3 atom stereocenters. The summed E-state index contributed by atoms with van der Waals surface area (Å²) in [5.74, 6) is 1.45. The molecule has 1 aromatic rings. The van der Waals surface area contributed by atoms with Crippen molar-refractivity contribution >= 4 is 11.8 Å². The zero-order valence-corrected chi connectivity index (χ0v) is 19.1. The topological polar surface area (TPSA) is 39.3 Å². The highest BCUT2D eigenvalue weighted by molar-refractivity contribution is 5.68. The number of ether oxygens (including phenoxy) is 1. The van der Waals surface area contributed by atoms with Gasteiger partial charge < -0.3 is 19.4 Å². The number of fused-ring (bicyclic) bond motifs is 1. The van der Waals surface area contributed by atoms with Crippen LogP contribution in [0.5, 0.6) is 0 Å². The van der Waals surface area contributed by atoms with Crippen LogP contribution in [-0.2, 0) is 11.3 Å². The average Bonchev–Trinajstić information content (AvgIpc) is 3.26. The summed E-state index contributed by atoms with van der Waals surface area (Å²) in [5.41, 5.74) is 3.80. The third kappa shape index (κ3) is 5.14. The van der Waals surface area contributed by atoms with Crippen molar-refractivity contribution < 1.29 is 22.7 Å². The van der Waals surface area contributed by atoms with E-state index in [1.807, 2.05) is 0 Å². The summed E-state index contributed by atoms with van der Waals surface area (Å²) < 4.78 is 42.6. The number of anilines is 1. The Labute approximate surface area is 187 Å². The molecule has 1 amide bonds. The Bertz CT molecular complexity index is 812. The fourth-order valence-electron chi connectivity index (χ4n) is 5.15. The summed E-state index contributed by atoms with van der Waals surface area (Å²) in [5, 5.41) is 0. The highest BCUT2D eigenvalue weighted by Gasteiger charge is 2.41. The van der Waals surface area contributed by atoms with E-state index in [2.05, 4.69) is 51.6 Å². The smallest absolute Gasteiger partial charge is 0.425 e. The third-order valence-corrected chi connectivity index (χ3v) is 7.01. The maximum atomic E-state index is 12.7. The first-order chi connectivity index (χ1) is 15.1. The van der Waals surface area contributed by atoms with Gasteiger partial charge in [0.15, 0.2) is 6.10 Å². The van der Waals surface area contributed by atoms with E-state index in [0.29, 0.717) is 26.2 Å². The van der Waals surface area contributed by atoms with Crippen LogP contribution in [0.3, 0.4) is 0 Å². The Balaban J connectivity index is 1.34. The molecule has 3 fully saturated rings. The minimum atomic E-state index is -4.54. The van der Waals surface area contributed by atoms with Crippen molar-refractivity contribution in [1.29, 1.82) is 0 Å². The number of piperazine rings is 1. The number of benzene rings is 1. The molecule has 0 radical (unpaired) electrons. The van der Waals surface area contributed by atoms with Crippen molar-refractivity contribution in [3.8, 4) is 0 Å². The number of halogens is 3. The maximum absolute atomic E-state index is 12.7. The fraction of sp³-hybridized carbons (Fsp3) is 0.696. The van der Waals surface area contributed by atoms with Crippen LogP contribution in [0.15, 0.2) is 18.2 Å². The molecule has 0 N–H and O–H groups in total. The second kappa shape index (κ2) is 9.09. The normalized spacial score (nSPS) is 25.8. The van der Waals surface area contributed by atoms with Crippen LogP contribution in [-0.4, -0.2) is 92.5 Å². The zero-order chi connectivity index (χ0) is 23.0. The Morgan fingerprint density at radius 2 is 1.72 bits per heavy atom.